The van der Waals surface area contributed by atoms with E-state index in [4.69, 9.17) is 24.0 Å². The minimum absolute atomic E-state index is 0.0534. The van der Waals surface area contributed by atoms with E-state index in [0.29, 0.717) is 42.7 Å². The highest BCUT2D eigenvalue weighted by atomic mass is 16.5. The van der Waals surface area contributed by atoms with Crippen molar-refractivity contribution >= 4 is 7.12 Å². The number of nitrogens with zero attached hydrogens (tertiary/aromatic N) is 2. The molecule has 1 fully saturated rings. The number of ether oxygens (including phenoxy) is 3. The van der Waals surface area contributed by atoms with Gasteiger partial charge in [-0.3, -0.25) is 0 Å². The second-order valence-corrected chi connectivity index (χ2v) is 6.46. The molecule has 1 aromatic heterocycles. The van der Waals surface area contributed by atoms with Crippen LogP contribution in [0.2, 0.25) is 6.32 Å². The molecule has 0 saturated carbocycles. The average molecular weight is 388 g/mol. The Morgan fingerprint density at radius 1 is 1.18 bits per heavy atom. The quantitative estimate of drug-likeness (QED) is 0.628. The zero-order valence-electron chi connectivity index (χ0n) is 16.1. The predicted molar refractivity (Wildman–Crippen MR) is 104 cm³/mol. The van der Waals surface area contributed by atoms with Crippen LogP contribution in [0.25, 0.3) is 11.4 Å². The molecule has 2 N–H and O–H groups in total. The molecule has 0 unspecified atom stereocenters. The number of aromatic nitrogens is 2. The minimum atomic E-state index is -0.791. The van der Waals surface area contributed by atoms with Gasteiger partial charge in [-0.15, -0.1) is 0 Å². The number of hydrogen-bond acceptors (Lipinski definition) is 8. The van der Waals surface area contributed by atoms with Crippen molar-refractivity contribution < 1.29 is 29.0 Å². The maximum atomic E-state index is 9.67. The zero-order chi connectivity index (χ0) is 19.9. The summed E-state index contributed by atoms with van der Waals surface area (Å²) in [4.78, 5) is 9.13. The summed E-state index contributed by atoms with van der Waals surface area (Å²) in [6.45, 7) is 3.00. The summed E-state index contributed by atoms with van der Waals surface area (Å²) in [5.74, 6) is 2.03. The summed E-state index contributed by atoms with van der Waals surface area (Å²) in [7, 11) is 0.803. The summed E-state index contributed by atoms with van der Waals surface area (Å²) in [6.07, 6.45) is 1.34. The molecular weight excluding hydrogens is 363 g/mol. The van der Waals surface area contributed by atoms with Gasteiger partial charge >= 0.3 is 7.12 Å². The SMILES string of the molecule is CCCOc1cc(-c2nc(OCCO)cc([C@H]3COB(O)C3)n2)ccc1OC. The van der Waals surface area contributed by atoms with E-state index < -0.39 is 7.12 Å². The highest BCUT2D eigenvalue weighted by Crippen LogP contribution is 2.34. The first kappa shape index (κ1) is 20.4. The monoisotopic (exact) mass is 388 g/mol. The maximum absolute atomic E-state index is 9.67. The van der Waals surface area contributed by atoms with Gasteiger partial charge in [0.2, 0.25) is 5.88 Å². The molecule has 0 radical (unpaired) electrons. The fourth-order valence-corrected chi connectivity index (χ4v) is 2.96. The molecular formula is C19H25BN2O6. The Morgan fingerprint density at radius 3 is 2.71 bits per heavy atom. The fourth-order valence-electron chi connectivity index (χ4n) is 2.96. The van der Waals surface area contributed by atoms with Crippen LogP contribution in [0.4, 0.5) is 0 Å². The van der Waals surface area contributed by atoms with Gasteiger partial charge in [-0.2, -0.15) is 4.98 Å². The van der Waals surface area contributed by atoms with Crippen molar-refractivity contribution in [2.24, 2.45) is 0 Å². The number of benzene rings is 1. The molecule has 0 amide bonds. The van der Waals surface area contributed by atoms with Gasteiger partial charge < -0.3 is 29.0 Å². The lowest BCUT2D eigenvalue weighted by Crippen LogP contribution is -2.09. The molecule has 150 valence electrons. The standard InChI is InChI=1S/C19H25BN2O6/c1-3-7-26-17-9-13(4-5-16(17)25-2)19-21-15(14-11-20(24)28-12-14)10-18(22-19)27-8-6-23/h4-5,9-10,14,23-24H,3,6-8,11-12H2,1-2H3/t14-/m1/s1. The van der Waals surface area contributed by atoms with E-state index in [1.165, 1.54) is 0 Å². The third kappa shape index (κ3) is 4.92. The van der Waals surface area contributed by atoms with Gasteiger partial charge in [0, 0.05) is 24.2 Å². The summed E-state index contributed by atoms with van der Waals surface area (Å²) in [6, 6.07) is 7.23. The van der Waals surface area contributed by atoms with Gasteiger partial charge in [0.15, 0.2) is 17.3 Å². The van der Waals surface area contributed by atoms with Crippen LogP contribution in [0.15, 0.2) is 24.3 Å². The number of aliphatic hydroxyl groups is 1. The normalized spacial score (nSPS) is 16.3. The number of methoxy groups -OCH3 is 1. The van der Waals surface area contributed by atoms with Crippen LogP contribution in [0.5, 0.6) is 17.4 Å². The molecule has 1 aliphatic heterocycles. The molecule has 0 aliphatic carbocycles. The fraction of sp³-hybridized carbons (Fsp3) is 0.474. The second kappa shape index (κ2) is 9.72. The minimum Gasteiger partial charge on any atom is -0.493 e. The predicted octanol–water partition coefficient (Wildman–Crippen LogP) is 1.91. The Balaban J connectivity index is 1.97. The first-order chi connectivity index (χ1) is 13.6. The van der Waals surface area contributed by atoms with Crippen LogP contribution >= 0.6 is 0 Å². The number of hydrogen-bond donors (Lipinski definition) is 2. The first-order valence-corrected chi connectivity index (χ1v) is 9.38. The smallest absolute Gasteiger partial charge is 0.454 e. The van der Waals surface area contributed by atoms with E-state index in [2.05, 4.69) is 9.97 Å². The van der Waals surface area contributed by atoms with Crippen LogP contribution in [0, 0.1) is 0 Å². The Bertz CT molecular complexity index is 791. The van der Waals surface area contributed by atoms with Crippen LogP contribution in [0.1, 0.15) is 25.0 Å². The third-order valence-electron chi connectivity index (χ3n) is 4.34. The van der Waals surface area contributed by atoms with Crippen LogP contribution in [0.3, 0.4) is 0 Å². The first-order valence-electron chi connectivity index (χ1n) is 9.38. The largest absolute Gasteiger partial charge is 0.493 e. The molecule has 2 heterocycles. The van der Waals surface area contributed by atoms with Gasteiger partial charge in [0.1, 0.15) is 6.61 Å². The molecule has 0 bridgehead atoms. The molecule has 28 heavy (non-hydrogen) atoms. The van der Waals surface area contributed by atoms with E-state index in [-0.39, 0.29) is 19.1 Å². The summed E-state index contributed by atoms with van der Waals surface area (Å²) >= 11 is 0. The van der Waals surface area contributed by atoms with Gasteiger partial charge in [-0.1, -0.05) is 6.92 Å². The van der Waals surface area contributed by atoms with Gasteiger partial charge in [-0.25, -0.2) is 4.98 Å². The van der Waals surface area contributed by atoms with Crippen molar-refractivity contribution in [3.63, 3.8) is 0 Å². The lowest BCUT2D eigenvalue weighted by Gasteiger charge is -2.14. The maximum Gasteiger partial charge on any atom is 0.454 e. The Hall–Kier alpha value is -2.36. The van der Waals surface area contributed by atoms with Crippen molar-refractivity contribution in [1.82, 2.24) is 9.97 Å². The van der Waals surface area contributed by atoms with Gasteiger partial charge in [0.05, 0.1) is 26.0 Å². The number of rotatable bonds is 9. The molecule has 1 aliphatic rings. The molecule has 1 saturated heterocycles. The summed E-state index contributed by atoms with van der Waals surface area (Å²) < 4.78 is 21.9. The van der Waals surface area contributed by atoms with Crippen molar-refractivity contribution in [2.45, 2.75) is 25.6 Å². The van der Waals surface area contributed by atoms with E-state index in [0.717, 1.165) is 17.7 Å². The highest BCUT2D eigenvalue weighted by molar-refractivity contribution is 6.43. The van der Waals surface area contributed by atoms with Crippen molar-refractivity contribution in [3.05, 3.63) is 30.0 Å². The average Bonchev–Trinajstić information content (AvgIpc) is 3.16. The summed E-state index contributed by atoms with van der Waals surface area (Å²) in [5, 5.41) is 18.7. The van der Waals surface area contributed by atoms with Crippen LogP contribution < -0.4 is 14.2 Å². The molecule has 3 rings (SSSR count). The lowest BCUT2D eigenvalue weighted by molar-refractivity contribution is 0.196. The topological polar surface area (TPSA) is 103 Å². The molecule has 1 atom stereocenters. The van der Waals surface area contributed by atoms with E-state index in [9.17, 15) is 5.02 Å². The van der Waals surface area contributed by atoms with Crippen molar-refractivity contribution in [1.29, 1.82) is 0 Å². The van der Waals surface area contributed by atoms with E-state index in [1.54, 1.807) is 13.2 Å². The van der Waals surface area contributed by atoms with Gasteiger partial charge in [-0.05, 0) is 30.9 Å². The van der Waals surface area contributed by atoms with Crippen molar-refractivity contribution in [2.75, 3.05) is 33.5 Å². The Morgan fingerprint density at radius 2 is 2.04 bits per heavy atom. The highest BCUT2D eigenvalue weighted by Gasteiger charge is 2.31. The Kier molecular flexibility index (Phi) is 7.08. The van der Waals surface area contributed by atoms with E-state index in [1.807, 2.05) is 25.1 Å². The third-order valence-corrected chi connectivity index (χ3v) is 4.34. The summed E-state index contributed by atoms with van der Waals surface area (Å²) in [5.41, 5.74) is 1.48. The number of aliphatic hydroxyl groups excluding tert-OH is 1. The molecule has 2 aromatic rings. The van der Waals surface area contributed by atoms with E-state index >= 15 is 0 Å². The van der Waals surface area contributed by atoms with Crippen LogP contribution in [-0.2, 0) is 4.65 Å². The lowest BCUT2D eigenvalue weighted by atomic mass is 9.81. The second-order valence-electron chi connectivity index (χ2n) is 6.46. The Labute approximate surface area is 164 Å². The van der Waals surface area contributed by atoms with Crippen LogP contribution in [-0.4, -0.2) is 60.8 Å². The molecule has 0 spiro atoms. The molecule has 9 heteroatoms. The zero-order valence-corrected chi connectivity index (χ0v) is 16.1. The molecule has 8 nitrogen and oxygen atoms in total. The van der Waals surface area contributed by atoms with Gasteiger partial charge in [0.25, 0.3) is 0 Å². The van der Waals surface area contributed by atoms with Crippen molar-refractivity contribution in [3.8, 4) is 28.8 Å². The molecule has 1 aromatic carbocycles.